The molecule has 208 valence electrons. The number of hydrogen-bond donors (Lipinski definition) is 0. The summed E-state index contributed by atoms with van der Waals surface area (Å²) in [5.41, 5.74) is 0.684. The zero-order chi connectivity index (χ0) is 28.3. The van der Waals surface area contributed by atoms with Crippen LogP contribution in [0, 0.1) is 11.3 Å². The number of methoxy groups -OCH3 is 1. The molecule has 38 heavy (non-hydrogen) atoms. The van der Waals surface area contributed by atoms with Gasteiger partial charge < -0.3 is 14.4 Å². The molecule has 0 aliphatic carbocycles. The molecule has 1 heterocycles. The van der Waals surface area contributed by atoms with E-state index in [1.165, 1.54) is 4.90 Å². The van der Waals surface area contributed by atoms with Gasteiger partial charge in [-0.1, -0.05) is 31.5 Å². The predicted molar refractivity (Wildman–Crippen MR) is 141 cm³/mol. The van der Waals surface area contributed by atoms with E-state index in [0.29, 0.717) is 18.6 Å². The number of halogens is 3. The van der Waals surface area contributed by atoms with E-state index >= 15 is 0 Å². The van der Waals surface area contributed by atoms with Gasteiger partial charge in [-0.15, -0.1) is 0 Å². The van der Waals surface area contributed by atoms with Gasteiger partial charge in [-0.05, 0) is 74.6 Å². The van der Waals surface area contributed by atoms with E-state index in [9.17, 15) is 22.8 Å². The van der Waals surface area contributed by atoms with Crippen molar-refractivity contribution in [2.24, 2.45) is 16.3 Å². The first-order valence-corrected chi connectivity index (χ1v) is 12.9. The third-order valence-corrected chi connectivity index (χ3v) is 6.81. The first-order chi connectivity index (χ1) is 17.7. The second-order valence-corrected chi connectivity index (χ2v) is 11.0. The lowest BCUT2D eigenvalue weighted by Crippen LogP contribution is -2.58. The minimum Gasteiger partial charge on any atom is -0.497 e. The lowest BCUT2D eigenvalue weighted by molar-refractivity contribution is -0.170. The molecule has 0 aromatic heterocycles. The van der Waals surface area contributed by atoms with Crippen molar-refractivity contribution in [1.29, 1.82) is 0 Å². The Kier molecular flexibility index (Phi) is 9.10. The summed E-state index contributed by atoms with van der Waals surface area (Å²) >= 11 is 0. The number of fused-ring (bicyclic) bond motifs is 1. The summed E-state index contributed by atoms with van der Waals surface area (Å²) in [6, 6.07) is 10.8. The highest BCUT2D eigenvalue weighted by molar-refractivity contribution is 5.95. The average molecular weight is 535 g/mol. The van der Waals surface area contributed by atoms with Gasteiger partial charge in [-0.25, -0.2) is 0 Å². The molecule has 1 fully saturated rings. The number of carbonyl (C=O) groups excluding carboxylic acids is 2. The Balaban J connectivity index is 1.96. The van der Waals surface area contributed by atoms with E-state index in [2.05, 4.69) is 0 Å². The van der Waals surface area contributed by atoms with Gasteiger partial charge in [0.25, 0.3) is 0 Å². The molecule has 3 atom stereocenters. The molecule has 0 N–H and O–H groups in total. The number of aliphatic imine (C=N–C) groups is 1. The highest BCUT2D eigenvalue weighted by Crippen LogP contribution is 2.31. The Morgan fingerprint density at radius 2 is 1.76 bits per heavy atom. The van der Waals surface area contributed by atoms with Crippen molar-refractivity contribution in [1.82, 2.24) is 4.90 Å². The van der Waals surface area contributed by atoms with Crippen molar-refractivity contribution in [2.45, 2.75) is 78.7 Å². The van der Waals surface area contributed by atoms with E-state index in [0.717, 1.165) is 22.1 Å². The molecular formula is C29H37F3N2O4. The Morgan fingerprint density at radius 3 is 2.37 bits per heavy atom. The third kappa shape index (κ3) is 7.48. The normalized spacial score (nSPS) is 20.4. The van der Waals surface area contributed by atoms with Crippen molar-refractivity contribution in [3.63, 3.8) is 0 Å². The summed E-state index contributed by atoms with van der Waals surface area (Å²) in [5, 5.41) is 2.01. The monoisotopic (exact) mass is 534 g/mol. The van der Waals surface area contributed by atoms with Crippen molar-refractivity contribution in [2.75, 3.05) is 13.7 Å². The van der Waals surface area contributed by atoms with Gasteiger partial charge in [0.1, 0.15) is 24.3 Å². The third-order valence-electron chi connectivity index (χ3n) is 6.81. The van der Waals surface area contributed by atoms with Crippen LogP contribution < -0.4 is 4.74 Å². The number of rotatable bonds is 7. The quantitative estimate of drug-likeness (QED) is 0.389. The van der Waals surface area contributed by atoms with Crippen LogP contribution in [-0.4, -0.2) is 54.5 Å². The number of alkyl halides is 3. The number of hydrogen-bond acceptors (Lipinski definition) is 5. The molecule has 2 unspecified atom stereocenters. The smallest absolute Gasteiger partial charge is 0.397 e. The Bertz CT molecular complexity index is 1190. The molecule has 1 amide bonds. The van der Waals surface area contributed by atoms with Gasteiger partial charge in [-0.2, -0.15) is 13.2 Å². The molecule has 1 aliphatic rings. The fraction of sp³-hybridized carbons (Fsp3) is 0.552. The second-order valence-electron chi connectivity index (χ2n) is 11.0. The summed E-state index contributed by atoms with van der Waals surface area (Å²) < 4.78 is 50.6. The molecule has 0 radical (unpaired) electrons. The molecule has 1 saturated heterocycles. The maximum Gasteiger partial charge on any atom is 0.397 e. The lowest BCUT2D eigenvalue weighted by atomic mass is 9.86. The van der Waals surface area contributed by atoms with E-state index < -0.39 is 42.0 Å². The van der Waals surface area contributed by atoms with E-state index in [4.69, 9.17) is 14.5 Å². The lowest BCUT2D eigenvalue weighted by Gasteiger charge is -2.43. The molecule has 3 rings (SSSR count). The van der Waals surface area contributed by atoms with Gasteiger partial charge in [0.2, 0.25) is 5.91 Å². The van der Waals surface area contributed by atoms with Crippen LogP contribution in [0.4, 0.5) is 13.2 Å². The topological polar surface area (TPSA) is 68.2 Å². The first-order valence-electron chi connectivity index (χ1n) is 12.9. The number of benzene rings is 2. The summed E-state index contributed by atoms with van der Waals surface area (Å²) in [4.78, 5) is 31.6. The first kappa shape index (κ1) is 29.5. The molecule has 2 aromatic rings. The Hall–Kier alpha value is -3.10. The van der Waals surface area contributed by atoms with Crippen molar-refractivity contribution < 1.29 is 32.2 Å². The van der Waals surface area contributed by atoms with Crippen LogP contribution in [0.15, 0.2) is 41.4 Å². The van der Waals surface area contributed by atoms with Crippen molar-refractivity contribution in [3.8, 4) is 5.75 Å². The number of amides is 1. The van der Waals surface area contributed by atoms with Crippen LogP contribution in [0.25, 0.3) is 10.8 Å². The molecule has 6 nitrogen and oxygen atoms in total. The van der Waals surface area contributed by atoms with Crippen LogP contribution in [0.5, 0.6) is 5.75 Å². The highest BCUT2D eigenvalue weighted by atomic mass is 19.4. The summed E-state index contributed by atoms with van der Waals surface area (Å²) in [5.74, 6) is -0.817. The fourth-order valence-corrected chi connectivity index (χ4v) is 4.64. The van der Waals surface area contributed by atoms with Gasteiger partial charge in [-0.3, -0.25) is 14.6 Å². The molecule has 1 aliphatic heterocycles. The van der Waals surface area contributed by atoms with Gasteiger partial charge >= 0.3 is 12.1 Å². The minimum atomic E-state index is -4.64. The number of nitrogens with zero attached hydrogens (tertiary/aromatic N) is 2. The Labute approximate surface area is 222 Å². The largest absolute Gasteiger partial charge is 0.497 e. The molecule has 9 heteroatoms. The summed E-state index contributed by atoms with van der Waals surface area (Å²) in [6.45, 7) is 9.10. The number of ether oxygens (including phenoxy) is 2. The second kappa shape index (κ2) is 11.7. The van der Waals surface area contributed by atoms with Gasteiger partial charge in [0.05, 0.1) is 19.1 Å². The standard InChI is InChI=1S/C29H37F3N2O4/c1-7-19-13-24(33-16-20-8-9-22-14-23(37-6)11-10-21(22)12-20)26(18(2)38-27(36)28(3,4)5)34(17-19)25(35)15-29(30,31)32/h8-12,14,18-19,26H,7,13,15-17H2,1-6H3/b33-24+/t18-,19?,26?/m0/s1. The summed E-state index contributed by atoms with van der Waals surface area (Å²) in [6.07, 6.45) is -5.88. The van der Waals surface area contributed by atoms with Crippen molar-refractivity contribution in [3.05, 3.63) is 42.0 Å². The molecule has 0 bridgehead atoms. The summed E-state index contributed by atoms with van der Waals surface area (Å²) in [7, 11) is 1.61. The molecular weight excluding hydrogens is 497 g/mol. The van der Waals surface area contributed by atoms with Crippen LogP contribution in [-0.2, 0) is 20.9 Å². The van der Waals surface area contributed by atoms with Crippen LogP contribution in [0.2, 0.25) is 0 Å². The molecule has 2 aromatic carbocycles. The van der Waals surface area contributed by atoms with E-state index in [1.807, 2.05) is 43.3 Å². The predicted octanol–water partition coefficient (Wildman–Crippen LogP) is 6.35. The van der Waals surface area contributed by atoms with Crippen LogP contribution in [0.3, 0.4) is 0 Å². The zero-order valence-corrected chi connectivity index (χ0v) is 22.9. The average Bonchev–Trinajstić information content (AvgIpc) is 2.84. The molecule has 0 spiro atoms. The van der Waals surface area contributed by atoms with Crippen LogP contribution in [0.1, 0.15) is 59.4 Å². The Morgan fingerprint density at radius 1 is 1.11 bits per heavy atom. The fourth-order valence-electron chi connectivity index (χ4n) is 4.64. The zero-order valence-electron chi connectivity index (χ0n) is 22.9. The van der Waals surface area contributed by atoms with Crippen LogP contribution >= 0.6 is 0 Å². The van der Waals surface area contributed by atoms with Gasteiger partial charge in [0, 0.05) is 12.3 Å². The number of piperidine rings is 1. The van der Waals surface area contributed by atoms with Crippen molar-refractivity contribution >= 4 is 28.4 Å². The van der Waals surface area contributed by atoms with E-state index in [1.54, 1.807) is 34.8 Å². The number of esters is 1. The van der Waals surface area contributed by atoms with Gasteiger partial charge in [0.15, 0.2) is 0 Å². The highest BCUT2D eigenvalue weighted by Gasteiger charge is 2.44. The SMILES string of the molecule is CCC1C/C(=N\Cc2ccc3cc(OC)ccc3c2)C([C@H](C)OC(=O)C(C)(C)C)N(C(=O)CC(F)(F)F)C1. The number of likely N-dealkylation sites (tertiary alicyclic amines) is 1. The minimum absolute atomic E-state index is 0.0447. The maximum atomic E-state index is 13.2. The van der Waals surface area contributed by atoms with E-state index in [-0.39, 0.29) is 19.0 Å². The maximum absolute atomic E-state index is 13.2. The number of carbonyl (C=O) groups is 2. The molecule has 0 saturated carbocycles.